The molecule has 22 heterocycles. The number of hydrogen-bond donors (Lipinski definition) is 24. The van der Waals surface area contributed by atoms with Crippen molar-refractivity contribution in [3.05, 3.63) is 18.2 Å². The molecule has 1 aromatic heterocycles. The molecule has 21 saturated heterocycles. The number of aromatic amines is 1. The predicted molar refractivity (Wildman–Crippen MR) is 281 cm³/mol. The average molecular weight is 1340 g/mol. The third kappa shape index (κ3) is 15.5. The van der Waals surface area contributed by atoms with Crippen molar-refractivity contribution in [2.75, 3.05) is 52.7 Å². The fourth-order valence-electron chi connectivity index (χ4n) is 12.0. The van der Waals surface area contributed by atoms with Crippen molar-refractivity contribution < 1.29 is 183 Å². The van der Waals surface area contributed by atoms with Gasteiger partial charge in [0, 0.05) is 37.8 Å². The van der Waals surface area contributed by atoms with Gasteiger partial charge in [-0.2, -0.15) is 0 Å². The van der Waals surface area contributed by atoms with Crippen LogP contribution in [0.15, 0.2) is 12.5 Å². The van der Waals surface area contributed by atoms with Crippen molar-refractivity contribution in [1.29, 1.82) is 0 Å². The number of aliphatic hydroxyl groups excluding tert-OH is 20. The molecule has 24 N–H and O–H groups in total. The second-order valence-electron chi connectivity index (χ2n) is 23.2. The Morgan fingerprint density at radius 1 is 0.391 bits per heavy atom. The van der Waals surface area contributed by atoms with Crippen LogP contribution in [-0.2, 0) is 82.3 Å². The zero-order chi connectivity index (χ0) is 66.7. The maximum absolute atomic E-state index is 13.0. The molecule has 41 nitrogen and oxygen atoms in total. The molecule has 528 valence electrons. The van der Waals surface area contributed by atoms with E-state index in [1.807, 2.05) is 0 Å². The van der Waals surface area contributed by atoms with Gasteiger partial charge in [0.25, 0.3) is 0 Å². The smallest absolute Gasteiger partial charge is 0.326 e. The number of carbonyl (C=O) groups is 2. The predicted octanol–water partition coefficient (Wildman–Crippen LogP) is -15.7. The minimum absolute atomic E-state index is 0.170. The number of carbonyl (C=O) groups excluding carboxylic acids is 1. The molecule has 36 atom stereocenters. The van der Waals surface area contributed by atoms with Crippen LogP contribution in [0.3, 0.4) is 0 Å². The number of carboxylic acid groups (broad SMARTS) is 1. The minimum atomic E-state index is -2.27. The van der Waals surface area contributed by atoms with Crippen molar-refractivity contribution in [2.45, 2.75) is 234 Å². The summed E-state index contributed by atoms with van der Waals surface area (Å²) in [7, 11) is 0. The third-order valence-electron chi connectivity index (χ3n) is 17.1. The Bertz CT molecular complexity index is 2440. The second kappa shape index (κ2) is 32.0. The van der Waals surface area contributed by atoms with Gasteiger partial charge < -0.3 is 189 Å². The maximum Gasteiger partial charge on any atom is 0.326 e. The number of H-pyrrole nitrogens is 1. The molecule has 1 amide bonds. The van der Waals surface area contributed by atoms with Crippen LogP contribution in [0.5, 0.6) is 0 Å². The van der Waals surface area contributed by atoms with E-state index in [9.17, 15) is 117 Å². The number of imidazole rings is 1. The van der Waals surface area contributed by atoms with Gasteiger partial charge in [0.1, 0.15) is 177 Å². The van der Waals surface area contributed by atoms with E-state index in [2.05, 4.69) is 20.6 Å². The zero-order valence-electron chi connectivity index (χ0n) is 48.4. The third-order valence-corrected chi connectivity index (χ3v) is 17.1. The van der Waals surface area contributed by atoms with Gasteiger partial charge in [-0.3, -0.25) is 4.79 Å². The first-order valence-corrected chi connectivity index (χ1v) is 29.4. The number of nitrogens with one attached hydrogen (secondary N) is 3. The fourth-order valence-corrected chi connectivity index (χ4v) is 12.0. The summed E-state index contributed by atoms with van der Waals surface area (Å²) in [6.07, 6.45) is -69.6. The Morgan fingerprint density at radius 3 is 0.870 bits per heavy atom. The Balaban J connectivity index is 0.990. The molecule has 0 radical (unpaired) electrons. The van der Waals surface area contributed by atoms with Crippen LogP contribution in [-0.4, -0.2) is 403 Å². The summed E-state index contributed by atoms with van der Waals surface area (Å²) in [5.41, 5.74) is 0.390. The Labute approximate surface area is 519 Å². The Morgan fingerprint density at radius 2 is 0.641 bits per heavy atom. The minimum Gasteiger partial charge on any atom is -0.480 e. The Kier molecular flexibility index (Phi) is 25.4. The van der Waals surface area contributed by atoms with Crippen LogP contribution in [0.25, 0.3) is 0 Å². The van der Waals surface area contributed by atoms with Gasteiger partial charge >= 0.3 is 5.97 Å². The molecule has 0 saturated carbocycles. The van der Waals surface area contributed by atoms with E-state index >= 15 is 0 Å². The molecule has 21 fully saturated rings. The molecule has 21 aliphatic heterocycles. The van der Waals surface area contributed by atoms with Crippen LogP contribution in [0.1, 0.15) is 12.1 Å². The van der Waals surface area contributed by atoms with Crippen LogP contribution in [0.4, 0.5) is 0 Å². The highest BCUT2D eigenvalue weighted by Gasteiger charge is 2.59. The van der Waals surface area contributed by atoms with Crippen molar-refractivity contribution in [3.63, 3.8) is 0 Å². The zero-order valence-corrected chi connectivity index (χ0v) is 48.4. The first-order chi connectivity index (χ1) is 43.9. The van der Waals surface area contributed by atoms with Gasteiger partial charge in [-0.15, -0.1) is 0 Å². The van der Waals surface area contributed by atoms with E-state index in [0.717, 1.165) is 0 Å². The standard InChI is InChI=1S/C51H82N4O37/c56-6-16-38-25(65)32(72)47(81-16)89-40-18(8-58)83-49(34(74)27(40)67)91-42-20(10-60)85-51(36(76)29(42)69)92-43-21(11-61)84-50(35(75)28(43)68)90-41-19(9-59)82-48(33(73)26(41)66)88-39-17(7-57)80-46(31(71)24(39)64)86-37-15(79-45(87-38)30(70)23(37)63)5-52-2-1-22(62)55-14(44(77)78)3-13-4-53-12-54-13/h4,12,14-21,23-43,45-52,56-61,63-76H,1-3,5-11H2,(H,53,54)(H,55,62)(H,77,78)/t14?,15-,16+,17-,18+,19-,20+,21-,23+,24+,25-,26+,27+,28+,29+,30+,31+,32-,33+,34-,35+,36+,37+,38+,39+,40+,41+,42+,43+,45+,46+,47+,48+,49+,50+,51+/m0/s1. The first kappa shape index (κ1) is 73.0. The van der Waals surface area contributed by atoms with Crippen LogP contribution < -0.4 is 10.6 Å². The first-order valence-electron chi connectivity index (χ1n) is 29.4. The number of aromatic nitrogens is 2. The number of nitrogens with zero attached hydrogens (tertiary/aromatic N) is 1. The van der Waals surface area contributed by atoms with E-state index in [1.165, 1.54) is 12.5 Å². The molecule has 1 unspecified atom stereocenters. The van der Waals surface area contributed by atoms with E-state index < -0.39 is 285 Å². The largest absolute Gasteiger partial charge is 0.480 e. The summed E-state index contributed by atoms with van der Waals surface area (Å²) in [6, 6.07) is -1.40. The highest BCUT2D eigenvalue weighted by atomic mass is 16.8. The molecule has 0 aliphatic carbocycles. The van der Waals surface area contributed by atoms with Crippen molar-refractivity contribution in [3.8, 4) is 0 Å². The molecule has 0 aromatic carbocycles. The summed E-state index contributed by atoms with van der Waals surface area (Å²) >= 11 is 0. The Hall–Kier alpha value is -3.25. The second-order valence-corrected chi connectivity index (χ2v) is 23.2. The van der Waals surface area contributed by atoms with E-state index in [4.69, 9.17) is 66.3 Å². The van der Waals surface area contributed by atoms with Gasteiger partial charge in [0.15, 0.2) is 44.0 Å². The summed E-state index contributed by atoms with van der Waals surface area (Å²) in [5, 5.41) is 239. The number of aliphatic hydroxyl groups is 20. The van der Waals surface area contributed by atoms with E-state index in [0.29, 0.717) is 5.69 Å². The number of amides is 1. The van der Waals surface area contributed by atoms with Gasteiger partial charge in [0.2, 0.25) is 5.91 Å². The molecule has 1 aromatic rings. The molecular weight excluding hydrogens is 1260 g/mol. The fraction of sp³-hybridized carbons (Fsp3) is 0.902. The van der Waals surface area contributed by atoms with Gasteiger partial charge in [0.05, 0.1) is 46.0 Å². The lowest BCUT2D eigenvalue weighted by atomic mass is 9.95. The molecular formula is C51H82N4O37. The number of hydrogen-bond acceptors (Lipinski definition) is 38. The number of rotatable bonds is 15. The molecule has 21 aliphatic rings. The summed E-state index contributed by atoms with van der Waals surface area (Å²) in [5.74, 6) is -2.14. The van der Waals surface area contributed by atoms with Gasteiger partial charge in [-0.25, -0.2) is 9.78 Å². The topological polar surface area (TPSA) is 641 Å². The van der Waals surface area contributed by atoms with Crippen LogP contribution in [0, 0.1) is 0 Å². The lowest BCUT2D eigenvalue weighted by molar-refractivity contribution is -0.396. The maximum atomic E-state index is 13.0. The quantitative estimate of drug-likeness (QED) is 0.0725. The SMILES string of the molecule is O=C(CCNC[C@@H]1O[C@@H]2O[C@H]3[C@@H](O)[C@H](O)[C@@H](O[C@H]4[C@H](O)[C@H](O)[C@@H](O[C@H]5[C@H](O)[C@@H](O)[C@@H](O[C@H]6[C@H](O)[C@@H](O)[C@@H](O[C@H]7[C@H](O)[C@@H](O)[C@@H](O[C@H]8[C@H](O)[C@@H](O)[C@@H](O[C@H]1[C@H](O)[C@H]2O)O[C@H]8CO)O[C@H]7CO)O[C@H]6CO)O[C@@H]5CO)O[C@@H]4CO)O[C@@H]3CO)NC(Cc1cnc[nH]1)C(=O)O. The number of aliphatic carboxylic acids is 1. The number of ether oxygens (including phenoxy) is 14. The van der Waals surface area contributed by atoms with Crippen molar-refractivity contribution in [2.24, 2.45) is 0 Å². The lowest BCUT2D eigenvalue weighted by Crippen LogP contribution is -2.68. The molecule has 0 spiro atoms. The summed E-state index contributed by atoms with van der Waals surface area (Å²) in [4.78, 5) is 31.6. The summed E-state index contributed by atoms with van der Waals surface area (Å²) in [6.45, 7) is -7.27. The van der Waals surface area contributed by atoms with Crippen molar-refractivity contribution >= 4 is 11.9 Å². The monoisotopic (exact) mass is 1340 g/mol. The number of carboxylic acids is 1. The van der Waals surface area contributed by atoms with E-state index in [-0.39, 0.29) is 13.0 Å². The van der Waals surface area contributed by atoms with Gasteiger partial charge in [-0.1, -0.05) is 0 Å². The molecule has 41 heteroatoms. The highest BCUT2D eigenvalue weighted by Crippen LogP contribution is 2.39. The van der Waals surface area contributed by atoms with E-state index in [1.54, 1.807) is 0 Å². The lowest BCUT2D eigenvalue weighted by Gasteiger charge is -2.50. The highest BCUT2D eigenvalue weighted by molar-refractivity contribution is 5.83. The molecule has 22 rings (SSSR count). The normalized spacial score (nSPS) is 48.5. The molecule has 14 bridgehead atoms. The molecule has 92 heavy (non-hydrogen) atoms. The van der Waals surface area contributed by atoms with Crippen molar-refractivity contribution in [1.82, 2.24) is 20.6 Å². The van der Waals surface area contributed by atoms with Crippen LogP contribution in [0.2, 0.25) is 0 Å². The average Bonchev–Trinajstić information content (AvgIpc) is 0.836. The summed E-state index contributed by atoms with van der Waals surface area (Å²) < 4.78 is 81.1. The van der Waals surface area contributed by atoms with Gasteiger partial charge in [-0.05, 0) is 0 Å². The van der Waals surface area contributed by atoms with Crippen LogP contribution >= 0.6 is 0 Å².